The molecule has 1 unspecified atom stereocenters. The third kappa shape index (κ3) is 5.49. The van der Waals surface area contributed by atoms with Crippen molar-refractivity contribution in [1.82, 2.24) is 24.5 Å². The molecule has 226 valence electrons. The Morgan fingerprint density at radius 1 is 1.14 bits per heavy atom. The van der Waals surface area contributed by atoms with Crippen LogP contribution in [0.5, 0.6) is 0 Å². The van der Waals surface area contributed by atoms with Crippen LogP contribution < -0.4 is 5.73 Å². The number of thiazole rings is 1. The highest BCUT2D eigenvalue weighted by Gasteiger charge is 2.46. The number of nitrogens with zero attached hydrogens (tertiary/aromatic N) is 5. The van der Waals surface area contributed by atoms with Crippen molar-refractivity contribution < 1.29 is 34.4 Å². The summed E-state index contributed by atoms with van der Waals surface area (Å²) >= 11 is 7.21. The maximum Gasteiger partial charge on any atom is 0.342 e. The van der Waals surface area contributed by atoms with Crippen LogP contribution in [0.25, 0.3) is 22.3 Å². The molecule has 2 aromatic carbocycles. The second-order valence-corrected chi connectivity index (χ2v) is 11.3. The fraction of sp³-hybridized carbons (Fsp3) is 0.241. The molecule has 15 heteroatoms. The van der Waals surface area contributed by atoms with Gasteiger partial charge in [-0.2, -0.15) is 9.97 Å². The number of rotatable bonds is 10. The van der Waals surface area contributed by atoms with Crippen LogP contribution in [-0.2, 0) is 26.3 Å². The molecular formula is C29H25ClN6O7S. The van der Waals surface area contributed by atoms with E-state index in [1.54, 1.807) is 47.8 Å². The summed E-state index contributed by atoms with van der Waals surface area (Å²) in [5.41, 5.74) is 8.35. The number of anilines is 1. The Morgan fingerprint density at radius 3 is 2.61 bits per heavy atom. The number of aromatic carboxylic acids is 1. The summed E-state index contributed by atoms with van der Waals surface area (Å²) in [6.45, 7) is -0.175. The number of hydrogen-bond donors (Lipinski definition) is 4. The number of benzene rings is 2. The van der Waals surface area contributed by atoms with Gasteiger partial charge < -0.3 is 30.5 Å². The number of aliphatic hydroxyl groups excluding tert-OH is 1. The molecule has 1 fully saturated rings. The monoisotopic (exact) mass is 636 g/mol. The summed E-state index contributed by atoms with van der Waals surface area (Å²) in [5, 5.41) is 32.5. The Bertz CT molecular complexity index is 1830. The van der Waals surface area contributed by atoms with E-state index in [0.717, 1.165) is 0 Å². The van der Waals surface area contributed by atoms with E-state index in [1.165, 1.54) is 33.8 Å². The predicted molar refractivity (Wildman–Crippen MR) is 159 cm³/mol. The van der Waals surface area contributed by atoms with Gasteiger partial charge in [-0.3, -0.25) is 4.57 Å². The zero-order valence-electron chi connectivity index (χ0n) is 22.8. The van der Waals surface area contributed by atoms with Gasteiger partial charge in [-0.1, -0.05) is 42.5 Å². The third-order valence-electron chi connectivity index (χ3n) is 7.44. The van der Waals surface area contributed by atoms with Crippen molar-refractivity contribution in [3.8, 4) is 11.1 Å². The number of ether oxygens (including phenoxy) is 2. The van der Waals surface area contributed by atoms with E-state index in [4.69, 9.17) is 26.8 Å². The molecule has 5 aromatic rings. The fourth-order valence-corrected chi connectivity index (χ4v) is 6.09. The number of nitrogen functional groups attached to an aromatic ring is 1. The highest BCUT2D eigenvalue weighted by atomic mass is 35.5. The number of carboxylic acids is 2. The average molecular weight is 637 g/mol. The number of fused-ring (bicyclic) bond motifs is 1. The molecule has 6 rings (SSSR count). The highest BCUT2D eigenvalue weighted by molar-refractivity contribution is 7.07. The maximum absolute atomic E-state index is 12.9. The normalized spacial score (nSPS) is 19.6. The summed E-state index contributed by atoms with van der Waals surface area (Å²) < 4.78 is 13.8. The molecule has 4 heterocycles. The molecule has 0 saturated carbocycles. The summed E-state index contributed by atoms with van der Waals surface area (Å²) in [7, 11) is 0. The zero-order chi connectivity index (χ0) is 31.0. The lowest BCUT2D eigenvalue weighted by Crippen LogP contribution is -2.43. The van der Waals surface area contributed by atoms with Gasteiger partial charge >= 0.3 is 11.9 Å². The molecular weight excluding hydrogens is 612 g/mol. The average Bonchev–Trinajstić information content (AvgIpc) is 3.76. The van der Waals surface area contributed by atoms with E-state index in [-0.39, 0.29) is 47.5 Å². The maximum atomic E-state index is 12.9. The molecule has 44 heavy (non-hydrogen) atoms. The SMILES string of the molecule is Nc1nc(Cl)nc2c1ncn2[C@@H]1O[C@H](COC(Cc2ccc(-c3ccccc3C(=O)O)cc2)(C(=O)O)c2cscn2)C[C@H]1O. The molecule has 1 saturated heterocycles. The molecule has 1 aliphatic heterocycles. The van der Waals surface area contributed by atoms with Crippen molar-refractivity contribution in [1.29, 1.82) is 0 Å². The first-order valence-corrected chi connectivity index (χ1v) is 14.6. The summed E-state index contributed by atoms with van der Waals surface area (Å²) in [4.78, 5) is 41.1. The van der Waals surface area contributed by atoms with Gasteiger partial charge in [-0.15, -0.1) is 11.3 Å². The van der Waals surface area contributed by atoms with Gasteiger partial charge in [0.1, 0.15) is 11.6 Å². The van der Waals surface area contributed by atoms with Crippen molar-refractivity contribution in [2.24, 2.45) is 0 Å². The number of imidazole rings is 1. The molecule has 0 aliphatic carbocycles. The first-order valence-electron chi connectivity index (χ1n) is 13.3. The molecule has 3 aromatic heterocycles. The van der Waals surface area contributed by atoms with Crippen LogP contribution in [0.3, 0.4) is 0 Å². The largest absolute Gasteiger partial charge is 0.479 e. The molecule has 1 aliphatic rings. The lowest BCUT2D eigenvalue weighted by atomic mass is 9.90. The van der Waals surface area contributed by atoms with E-state index >= 15 is 0 Å². The molecule has 4 atom stereocenters. The number of aliphatic carboxylic acids is 1. The first kappa shape index (κ1) is 29.6. The van der Waals surface area contributed by atoms with Crippen LogP contribution >= 0.6 is 22.9 Å². The Hall–Kier alpha value is -4.47. The summed E-state index contributed by atoms with van der Waals surface area (Å²) in [5.74, 6) is -2.21. The molecule has 0 radical (unpaired) electrons. The van der Waals surface area contributed by atoms with E-state index in [9.17, 15) is 24.9 Å². The number of carbonyl (C=O) groups is 2. The van der Waals surface area contributed by atoms with E-state index in [1.807, 2.05) is 0 Å². The van der Waals surface area contributed by atoms with Gasteiger partial charge in [0.15, 0.2) is 17.7 Å². The number of carboxylic acid groups (broad SMARTS) is 2. The number of aliphatic hydroxyl groups is 1. The summed E-state index contributed by atoms with van der Waals surface area (Å²) in [6.07, 6.45) is -1.10. The van der Waals surface area contributed by atoms with Crippen LogP contribution in [0.4, 0.5) is 5.82 Å². The quantitative estimate of drug-likeness (QED) is 0.162. The lowest BCUT2D eigenvalue weighted by Gasteiger charge is -2.29. The molecule has 13 nitrogen and oxygen atoms in total. The van der Waals surface area contributed by atoms with Crippen molar-refractivity contribution in [3.05, 3.63) is 87.9 Å². The fourth-order valence-electron chi connectivity index (χ4n) is 5.31. The van der Waals surface area contributed by atoms with Crippen molar-refractivity contribution in [2.75, 3.05) is 12.3 Å². The Morgan fingerprint density at radius 2 is 1.91 bits per heavy atom. The minimum absolute atomic E-state index is 0.0769. The first-order chi connectivity index (χ1) is 21.2. The van der Waals surface area contributed by atoms with Gasteiger partial charge in [-0.25, -0.2) is 19.6 Å². The third-order valence-corrected chi connectivity index (χ3v) is 8.20. The number of hydrogen-bond acceptors (Lipinski definition) is 11. The second-order valence-electron chi connectivity index (χ2n) is 10.2. The number of halogens is 1. The van der Waals surface area contributed by atoms with Gasteiger partial charge in [0.25, 0.3) is 0 Å². The van der Waals surface area contributed by atoms with Gasteiger partial charge in [0.2, 0.25) is 10.9 Å². The lowest BCUT2D eigenvalue weighted by molar-refractivity contribution is -0.175. The van der Waals surface area contributed by atoms with E-state index in [2.05, 4.69) is 19.9 Å². The Kier molecular flexibility index (Phi) is 8.00. The number of nitrogens with two attached hydrogens (primary N) is 1. The second kappa shape index (κ2) is 11.9. The van der Waals surface area contributed by atoms with Crippen molar-refractivity contribution >= 4 is 51.9 Å². The summed E-state index contributed by atoms with van der Waals surface area (Å²) in [6, 6.07) is 13.6. The van der Waals surface area contributed by atoms with Crippen LogP contribution in [0, 0.1) is 0 Å². The zero-order valence-corrected chi connectivity index (χ0v) is 24.4. The standard InChI is InChI=1S/C29H25ClN6O7S/c30-28-34-23(31)22-24(35-28)36(13-32-22)25-20(37)9-17(43-25)11-42-29(27(40)41,21-12-44-14-33-21)10-15-5-7-16(8-6-15)18-3-1-2-4-19(18)26(38)39/h1-8,12-14,17,20,25,37H,9-11H2,(H,38,39)(H,40,41)(H2,31,34,35)/t17-,20+,25+,29?/m0/s1. The molecule has 0 spiro atoms. The number of aromatic nitrogens is 5. The minimum Gasteiger partial charge on any atom is -0.479 e. The Balaban J connectivity index is 1.24. The molecule has 5 N–H and O–H groups in total. The minimum atomic E-state index is -1.87. The van der Waals surface area contributed by atoms with Crippen LogP contribution in [0.2, 0.25) is 5.28 Å². The molecule has 0 amide bonds. The van der Waals surface area contributed by atoms with Crippen LogP contribution in [0.15, 0.2) is 65.7 Å². The smallest absolute Gasteiger partial charge is 0.342 e. The predicted octanol–water partition coefficient (Wildman–Crippen LogP) is 3.77. The van der Waals surface area contributed by atoms with Crippen molar-refractivity contribution in [2.45, 2.75) is 36.9 Å². The van der Waals surface area contributed by atoms with E-state index in [0.29, 0.717) is 22.2 Å². The van der Waals surface area contributed by atoms with Gasteiger partial charge in [0.05, 0.1) is 35.8 Å². The van der Waals surface area contributed by atoms with E-state index < -0.39 is 36.0 Å². The van der Waals surface area contributed by atoms with Crippen molar-refractivity contribution in [3.63, 3.8) is 0 Å². The Labute approximate surface area is 258 Å². The molecule has 0 bridgehead atoms. The van der Waals surface area contributed by atoms with Crippen LogP contribution in [0.1, 0.15) is 34.3 Å². The van der Waals surface area contributed by atoms with Gasteiger partial charge in [0, 0.05) is 18.2 Å². The topological polar surface area (TPSA) is 196 Å². The van der Waals surface area contributed by atoms with Crippen LogP contribution in [-0.4, -0.2) is 70.6 Å². The van der Waals surface area contributed by atoms with Gasteiger partial charge in [-0.05, 0) is 34.4 Å². The highest BCUT2D eigenvalue weighted by Crippen LogP contribution is 2.36.